The summed E-state index contributed by atoms with van der Waals surface area (Å²) in [6.07, 6.45) is 5.03. The Kier molecular flexibility index (Phi) is 1.99. The Balaban J connectivity index is 2.19. The van der Waals surface area contributed by atoms with Crippen molar-refractivity contribution in [2.75, 3.05) is 0 Å². The molecule has 2 atom stereocenters. The molecule has 0 aromatic rings. The van der Waals surface area contributed by atoms with Gasteiger partial charge in [-0.05, 0) is 25.2 Å². The first-order valence-corrected chi connectivity index (χ1v) is 4.80. The third-order valence-electron chi connectivity index (χ3n) is 3.17. The van der Waals surface area contributed by atoms with Crippen LogP contribution in [-0.2, 0) is 9.59 Å². The van der Waals surface area contributed by atoms with Crippen LogP contribution >= 0.6 is 0 Å². The van der Waals surface area contributed by atoms with Gasteiger partial charge in [0.25, 0.3) is 0 Å². The maximum atomic E-state index is 11.4. The number of carbonyl (C=O) groups is 2. The highest BCUT2D eigenvalue weighted by atomic mass is 16.1. The molecule has 2 nitrogen and oxygen atoms in total. The molecular weight excluding hydrogens is 152 g/mol. The largest absolute Gasteiger partial charge is 0.300 e. The topological polar surface area (TPSA) is 34.1 Å². The van der Waals surface area contributed by atoms with Gasteiger partial charge in [0.05, 0.1) is 0 Å². The van der Waals surface area contributed by atoms with Gasteiger partial charge in [0.15, 0.2) is 0 Å². The molecule has 66 valence electrons. The molecule has 0 saturated heterocycles. The lowest BCUT2D eigenvalue weighted by Gasteiger charge is -2.12. The van der Waals surface area contributed by atoms with Crippen LogP contribution < -0.4 is 0 Å². The monoisotopic (exact) mass is 166 g/mol. The number of rotatable bonds is 0. The Bertz CT molecular complexity index is 220. The van der Waals surface area contributed by atoms with Crippen LogP contribution in [0.15, 0.2) is 0 Å². The molecule has 0 spiro atoms. The van der Waals surface area contributed by atoms with Crippen molar-refractivity contribution in [2.45, 2.75) is 38.5 Å². The Hall–Kier alpha value is -0.660. The second-order valence-electron chi connectivity index (χ2n) is 4.09. The van der Waals surface area contributed by atoms with Crippen molar-refractivity contribution in [3.05, 3.63) is 0 Å². The fraction of sp³-hybridized carbons (Fsp3) is 0.800. The lowest BCUT2D eigenvalue weighted by atomic mass is 9.90. The number of fused-ring (bicyclic) bond motifs is 3. The van der Waals surface area contributed by atoms with Crippen LogP contribution in [0.25, 0.3) is 0 Å². The summed E-state index contributed by atoms with van der Waals surface area (Å²) in [5.74, 6) is 1.26. The van der Waals surface area contributed by atoms with Gasteiger partial charge in [-0.25, -0.2) is 0 Å². The summed E-state index contributed by atoms with van der Waals surface area (Å²) in [6.45, 7) is 0. The summed E-state index contributed by atoms with van der Waals surface area (Å²) in [5.41, 5.74) is 0. The molecule has 0 amide bonds. The molecule has 2 rings (SSSR count). The average molecular weight is 166 g/mol. The molecule has 0 radical (unpaired) electrons. The van der Waals surface area contributed by atoms with Gasteiger partial charge in [-0.1, -0.05) is 0 Å². The average Bonchev–Trinajstić information content (AvgIpc) is 2.29. The van der Waals surface area contributed by atoms with E-state index in [4.69, 9.17) is 0 Å². The second kappa shape index (κ2) is 3.00. The first kappa shape index (κ1) is 7.96. The van der Waals surface area contributed by atoms with Gasteiger partial charge in [-0.15, -0.1) is 0 Å². The first-order valence-electron chi connectivity index (χ1n) is 4.80. The van der Waals surface area contributed by atoms with Crippen LogP contribution in [0.2, 0.25) is 0 Å². The van der Waals surface area contributed by atoms with Crippen LogP contribution in [0.1, 0.15) is 38.5 Å². The first-order chi connectivity index (χ1) is 5.75. The minimum Gasteiger partial charge on any atom is -0.300 e. The summed E-state index contributed by atoms with van der Waals surface area (Å²) in [4.78, 5) is 22.7. The number of Topliss-reactive ketones (excluding diaryl/α,β-unsaturated/α-hetero) is 2. The van der Waals surface area contributed by atoms with Crippen molar-refractivity contribution in [3.63, 3.8) is 0 Å². The smallest absolute Gasteiger partial charge is 0.136 e. The minimum absolute atomic E-state index is 0.0880. The van der Waals surface area contributed by atoms with E-state index in [1.165, 1.54) is 0 Å². The SMILES string of the molecule is O=C1C[C@@H]2CCC(=O)[C@@H](CC2)C1. The number of hydrogen-bond acceptors (Lipinski definition) is 2. The molecule has 0 aromatic carbocycles. The predicted molar refractivity (Wildman–Crippen MR) is 44.7 cm³/mol. The summed E-state index contributed by atoms with van der Waals surface area (Å²) < 4.78 is 0. The molecule has 12 heavy (non-hydrogen) atoms. The second-order valence-corrected chi connectivity index (χ2v) is 4.09. The Labute approximate surface area is 72.3 Å². The van der Waals surface area contributed by atoms with Crippen LogP contribution in [0.5, 0.6) is 0 Å². The molecule has 0 N–H and O–H groups in total. The summed E-state index contributed by atoms with van der Waals surface area (Å²) >= 11 is 0. The van der Waals surface area contributed by atoms with E-state index in [0.717, 1.165) is 32.1 Å². The molecule has 2 fully saturated rings. The molecule has 2 aliphatic rings. The fourth-order valence-corrected chi connectivity index (χ4v) is 2.39. The van der Waals surface area contributed by atoms with Gasteiger partial charge in [-0.2, -0.15) is 0 Å². The van der Waals surface area contributed by atoms with Crippen LogP contribution in [0.3, 0.4) is 0 Å². The Morgan fingerprint density at radius 2 is 1.83 bits per heavy atom. The van der Waals surface area contributed by atoms with Crippen LogP contribution in [-0.4, -0.2) is 11.6 Å². The van der Waals surface area contributed by atoms with Crippen molar-refractivity contribution >= 4 is 11.6 Å². The Morgan fingerprint density at radius 1 is 1.00 bits per heavy atom. The molecule has 2 saturated carbocycles. The van der Waals surface area contributed by atoms with Crippen molar-refractivity contribution in [3.8, 4) is 0 Å². The van der Waals surface area contributed by atoms with Gasteiger partial charge in [0.1, 0.15) is 11.6 Å². The molecule has 2 heteroatoms. The highest BCUT2D eigenvalue weighted by Crippen LogP contribution is 2.33. The Morgan fingerprint density at radius 3 is 2.67 bits per heavy atom. The van der Waals surface area contributed by atoms with Gasteiger partial charge in [0.2, 0.25) is 0 Å². The molecule has 0 aromatic heterocycles. The molecular formula is C10H14O2. The van der Waals surface area contributed by atoms with Crippen LogP contribution in [0, 0.1) is 11.8 Å². The zero-order valence-corrected chi connectivity index (χ0v) is 7.21. The summed E-state index contributed by atoms with van der Waals surface area (Å²) in [5, 5.41) is 0. The minimum atomic E-state index is 0.0880. The molecule has 2 bridgehead atoms. The number of hydrogen-bond donors (Lipinski definition) is 0. The maximum Gasteiger partial charge on any atom is 0.136 e. The molecule has 0 heterocycles. The molecule has 0 aliphatic heterocycles. The molecule has 2 aliphatic carbocycles. The quantitative estimate of drug-likeness (QED) is 0.549. The summed E-state index contributed by atoms with van der Waals surface area (Å²) in [7, 11) is 0. The summed E-state index contributed by atoms with van der Waals surface area (Å²) in [6, 6.07) is 0. The predicted octanol–water partition coefficient (Wildman–Crippen LogP) is 1.72. The fourth-order valence-electron chi connectivity index (χ4n) is 2.39. The van der Waals surface area contributed by atoms with E-state index in [9.17, 15) is 9.59 Å². The van der Waals surface area contributed by atoms with Gasteiger partial charge < -0.3 is 0 Å². The van der Waals surface area contributed by atoms with E-state index in [-0.39, 0.29) is 5.92 Å². The third kappa shape index (κ3) is 1.43. The zero-order valence-electron chi connectivity index (χ0n) is 7.21. The molecule has 0 unspecified atom stereocenters. The number of ketones is 2. The van der Waals surface area contributed by atoms with E-state index < -0.39 is 0 Å². The van der Waals surface area contributed by atoms with Crippen molar-refractivity contribution in [1.29, 1.82) is 0 Å². The van der Waals surface area contributed by atoms with E-state index in [0.29, 0.717) is 23.9 Å². The van der Waals surface area contributed by atoms with E-state index in [2.05, 4.69) is 0 Å². The van der Waals surface area contributed by atoms with E-state index in [1.54, 1.807) is 0 Å². The third-order valence-corrected chi connectivity index (χ3v) is 3.17. The number of carbonyl (C=O) groups excluding carboxylic acids is 2. The van der Waals surface area contributed by atoms with E-state index in [1.807, 2.05) is 0 Å². The van der Waals surface area contributed by atoms with Crippen molar-refractivity contribution in [1.82, 2.24) is 0 Å². The van der Waals surface area contributed by atoms with Gasteiger partial charge in [-0.3, -0.25) is 9.59 Å². The lowest BCUT2D eigenvalue weighted by molar-refractivity contribution is -0.128. The highest BCUT2D eigenvalue weighted by Gasteiger charge is 2.31. The van der Waals surface area contributed by atoms with Crippen molar-refractivity contribution in [2.24, 2.45) is 11.8 Å². The normalized spacial score (nSPS) is 36.3. The van der Waals surface area contributed by atoms with Gasteiger partial charge >= 0.3 is 0 Å². The standard InChI is InChI=1S/C10H14O2/c11-9-5-7-1-3-8(6-9)10(12)4-2-7/h7-8H,1-6H2/t7-,8-/m0/s1. The van der Waals surface area contributed by atoms with Crippen molar-refractivity contribution < 1.29 is 9.59 Å². The lowest BCUT2D eigenvalue weighted by Crippen LogP contribution is -2.18. The van der Waals surface area contributed by atoms with Gasteiger partial charge in [0, 0.05) is 25.2 Å². The van der Waals surface area contributed by atoms with Crippen LogP contribution in [0.4, 0.5) is 0 Å². The highest BCUT2D eigenvalue weighted by molar-refractivity contribution is 5.89. The maximum absolute atomic E-state index is 11.4. The zero-order chi connectivity index (χ0) is 8.55. The van der Waals surface area contributed by atoms with E-state index >= 15 is 0 Å².